The number of benzene rings is 3. The van der Waals surface area contributed by atoms with Gasteiger partial charge in [0.25, 0.3) is 0 Å². The third kappa shape index (κ3) is 7.57. The highest BCUT2D eigenvalue weighted by Crippen LogP contribution is 2.40. The van der Waals surface area contributed by atoms with Crippen LogP contribution in [0.1, 0.15) is 40.7 Å². The van der Waals surface area contributed by atoms with Gasteiger partial charge in [-0.2, -0.15) is 4.31 Å². The number of nitrogens with zero attached hydrogens (tertiary/aromatic N) is 2. The van der Waals surface area contributed by atoms with E-state index in [2.05, 4.69) is 4.90 Å². The summed E-state index contributed by atoms with van der Waals surface area (Å²) in [5.74, 6) is 0.809. The van der Waals surface area contributed by atoms with Crippen molar-refractivity contribution >= 4 is 15.7 Å². The zero-order valence-corrected chi connectivity index (χ0v) is 27.8. The molecule has 250 valence electrons. The second-order valence-corrected chi connectivity index (χ2v) is 14.0. The molecule has 2 heterocycles. The molecule has 10 nitrogen and oxygen atoms in total. The van der Waals surface area contributed by atoms with Crippen molar-refractivity contribution in [1.82, 2.24) is 4.31 Å². The van der Waals surface area contributed by atoms with E-state index in [0.29, 0.717) is 31.8 Å². The minimum absolute atomic E-state index is 0.0324. The van der Waals surface area contributed by atoms with Crippen LogP contribution in [0.5, 0.6) is 5.75 Å². The van der Waals surface area contributed by atoms with Crippen molar-refractivity contribution in [3.63, 3.8) is 0 Å². The summed E-state index contributed by atoms with van der Waals surface area (Å²) >= 11 is 0. The van der Waals surface area contributed by atoms with Gasteiger partial charge >= 0.3 is 0 Å². The molecule has 0 aromatic heterocycles. The van der Waals surface area contributed by atoms with Crippen LogP contribution in [0.2, 0.25) is 0 Å². The number of aryl methyl sites for hydroxylation is 1. The summed E-state index contributed by atoms with van der Waals surface area (Å²) in [5, 5.41) is 22.3. The quantitative estimate of drug-likeness (QED) is 0.251. The van der Waals surface area contributed by atoms with Crippen LogP contribution in [-0.4, -0.2) is 89.3 Å². The van der Waals surface area contributed by atoms with Gasteiger partial charge in [0.15, 0.2) is 0 Å². The average Bonchev–Trinajstić information content (AvgIpc) is 3.07. The first-order valence-electron chi connectivity index (χ1n) is 15.8. The predicted molar refractivity (Wildman–Crippen MR) is 176 cm³/mol. The summed E-state index contributed by atoms with van der Waals surface area (Å²) in [5.41, 5.74) is 3.56. The van der Waals surface area contributed by atoms with E-state index in [1.165, 1.54) is 4.31 Å². The SMILES string of the molecule is COCCCN1CCOc2ccc(CO[C@H]3CN(S(=O)(=O)c4ccc(C)cc4)CC[C@]3(O)c3ccc(CO)cc3CCOC)cc21. The number of methoxy groups -OCH3 is 2. The Balaban J connectivity index is 1.46. The standard InChI is InChI=1S/C35H46N2O8S/c1-26-5-9-30(10-6-26)46(40,41)37-16-14-35(39,31-11-7-27(24-38)21-29(31)13-19-43-3)34(23-37)45-25-28-8-12-33-32(22-28)36(17-20-44-33)15-4-18-42-2/h5-12,21-22,34,38-39H,4,13-20,23-25H2,1-3H3/t34-,35-/m0/s1. The van der Waals surface area contributed by atoms with Crippen LogP contribution in [-0.2, 0) is 49.5 Å². The number of hydrogen-bond donors (Lipinski definition) is 2. The van der Waals surface area contributed by atoms with Crippen LogP contribution in [0.4, 0.5) is 5.69 Å². The zero-order chi connectivity index (χ0) is 32.7. The van der Waals surface area contributed by atoms with Crippen LogP contribution in [0, 0.1) is 6.92 Å². The number of ether oxygens (including phenoxy) is 4. The van der Waals surface area contributed by atoms with E-state index < -0.39 is 21.7 Å². The van der Waals surface area contributed by atoms with Gasteiger partial charge in [0.2, 0.25) is 10.0 Å². The number of piperidine rings is 1. The Labute approximate surface area is 272 Å². The highest BCUT2D eigenvalue weighted by atomic mass is 32.2. The Morgan fingerprint density at radius 2 is 1.74 bits per heavy atom. The van der Waals surface area contributed by atoms with Gasteiger partial charge in [0.05, 0.1) is 36.9 Å². The average molecular weight is 655 g/mol. The third-order valence-electron chi connectivity index (χ3n) is 8.91. The first kappa shape index (κ1) is 34.3. The summed E-state index contributed by atoms with van der Waals surface area (Å²) in [6.45, 7) is 5.32. The molecule has 2 aliphatic heterocycles. The van der Waals surface area contributed by atoms with Gasteiger partial charge in [-0.25, -0.2) is 8.42 Å². The Hall–Kier alpha value is -3.03. The van der Waals surface area contributed by atoms with Crippen molar-refractivity contribution in [2.75, 3.05) is 65.1 Å². The summed E-state index contributed by atoms with van der Waals surface area (Å²) < 4.78 is 52.0. The molecule has 3 aromatic rings. The van der Waals surface area contributed by atoms with Crippen molar-refractivity contribution < 1.29 is 37.6 Å². The maximum atomic E-state index is 13.8. The van der Waals surface area contributed by atoms with E-state index in [1.54, 1.807) is 44.6 Å². The molecule has 0 saturated carbocycles. The molecule has 0 bridgehead atoms. The number of aliphatic hydroxyl groups excluding tert-OH is 1. The second-order valence-electron chi connectivity index (χ2n) is 12.0. The Bertz CT molecular complexity index is 1570. The molecule has 2 atom stereocenters. The molecule has 5 rings (SSSR count). The van der Waals surface area contributed by atoms with Gasteiger partial charge in [0, 0.05) is 40.5 Å². The molecule has 0 amide bonds. The van der Waals surface area contributed by atoms with Gasteiger partial charge in [-0.1, -0.05) is 42.0 Å². The molecule has 3 aromatic carbocycles. The van der Waals surface area contributed by atoms with Crippen LogP contribution in [0.15, 0.2) is 65.6 Å². The lowest BCUT2D eigenvalue weighted by Crippen LogP contribution is -2.56. The highest BCUT2D eigenvalue weighted by molar-refractivity contribution is 7.89. The molecule has 0 radical (unpaired) electrons. The minimum Gasteiger partial charge on any atom is -0.490 e. The van der Waals surface area contributed by atoms with Crippen LogP contribution in [0.25, 0.3) is 0 Å². The number of anilines is 1. The first-order chi connectivity index (χ1) is 22.2. The predicted octanol–water partition coefficient (Wildman–Crippen LogP) is 3.78. The highest BCUT2D eigenvalue weighted by Gasteiger charge is 2.47. The number of aliphatic hydroxyl groups is 2. The molecule has 0 aliphatic carbocycles. The fourth-order valence-corrected chi connectivity index (χ4v) is 7.72. The van der Waals surface area contributed by atoms with E-state index >= 15 is 0 Å². The fourth-order valence-electron chi connectivity index (χ4n) is 6.28. The van der Waals surface area contributed by atoms with E-state index in [0.717, 1.165) is 53.2 Å². The maximum Gasteiger partial charge on any atom is 0.243 e. The minimum atomic E-state index is -3.84. The number of fused-ring (bicyclic) bond motifs is 1. The van der Waals surface area contributed by atoms with E-state index in [9.17, 15) is 18.6 Å². The largest absolute Gasteiger partial charge is 0.490 e. The summed E-state index contributed by atoms with van der Waals surface area (Å²) in [6, 6.07) is 18.2. The molecule has 46 heavy (non-hydrogen) atoms. The van der Waals surface area contributed by atoms with E-state index in [-0.39, 0.29) is 37.6 Å². The van der Waals surface area contributed by atoms with E-state index in [1.807, 2.05) is 37.3 Å². The molecule has 1 fully saturated rings. The topological polar surface area (TPSA) is 118 Å². The number of rotatable bonds is 14. The van der Waals surface area contributed by atoms with Gasteiger partial charge in [-0.15, -0.1) is 0 Å². The van der Waals surface area contributed by atoms with Crippen molar-refractivity contribution in [3.05, 3.63) is 88.5 Å². The van der Waals surface area contributed by atoms with Gasteiger partial charge in [0.1, 0.15) is 24.1 Å². The Morgan fingerprint density at radius 3 is 2.48 bits per heavy atom. The molecular formula is C35H46N2O8S. The van der Waals surface area contributed by atoms with Gasteiger partial charge < -0.3 is 34.1 Å². The van der Waals surface area contributed by atoms with E-state index in [4.69, 9.17) is 18.9 Å². The lowest BCUT2D eigenvalue weighted by Gasteiger charge is -2.45. The normalized spacial score (nSPS) is 20.4. The monoisotopic (exact) mass is 654 g/mol. The molecule has 11 heteroatoms. The fraction of sp³-hybridized carbons (Fsp3) is 0.486. The molecule has 0 spiro atoms. The van der Waals surface area contributed by atoms with Crippen molar-refractivity contribution in [1.29, 1.82) is 0 Å². The molecule has 2 N–H and O–H groups in total. The number of sulfonamides is 1. The summed E-state index contributed by atoms with van der Waals surface area (Å²) in [4.78, 5) is 2.48. The molecule has 0 unspecified atom stereocenters. The van der Waals surface area contributed by atoms with Crippen molar-refractivity contribution in [2.24, 2.45) is 0 Å². The molecule has 2 aliphatic rings. The molecular weight excluding hydrogens is 608 g/mol. The smallest absolute Gasteiger partial charge is 0.243 e. The van der Waals surface area contributed by atoms with Crippen LogP contribution in [0.3, 0.4) is 0 Å². The van der Waals surface area contributed by atoms with Crippen LogP contribution < -0.4 is 9.64 Å². The van der Waals surface area contributed by atoms with Gasteiger partial charge in [-0.3, -0.25) is 0 Å². The Morgan fingerprint density at radius 1 is 0.978 bits per heavy atom. The second kappa shape index (κ2) is 15.2. The Kier molecular flexibility index (Phi) is 11.4. The summed E-state index contributed by atoms with van der Waals surface area (Å²) in [6.07, 6.45) is 0.654. The molecule has 1 saturated heterocycles. The van der Waals surface area contributed by atoms with Crippen LogP contribution >= 0.6 is 0 Å². The first-order valence-corrected chi connectivity index (χ1v) is 17.3. The lowest BCUT2D eigenvalue weighted by molar-refractivity contribution is -0.147. The lowest BCUT2D eigenvalue weighted by atomic mass is 9.79. The van der Waals surface area contributed by atoms with Crippen molar-refractivity contribution in [2.45, 2.75) is 56.0 Å². The maximum absolute atomic E-state index is 13.8. The third-order valence-corrected chi connectivity index (χ3v) is 10.8. The van der Waals surface area contributed by atoms with Gasteiger partial charge in [-0.05, 0) is 72.7 Å². The zero-order valence-electron chi connectivity index (χ0n) is 27.0. The summed E-state index contributed by atoms with van der Waals surface area (Å²) in [7, 11) is -0.520. The van der Waals surface area contributed by atoms with Crippen molar-refractivity contribution in [3.8, 4) is 5.75 Å². The number of hydrogen-bond acceptors (Lipinski definition) is 9.